The number of fused-ring (bicyclic) bond motifs is 1. The summed E-state index contributed by atoms with van der Waals surface area (Å²) in [7, 11) is 0. The maximum absolute atomic E-state index is 10.3. The van der Waals surface area contributed by atoms with E-state index < -0.39 is 18.3 Å². The van der Waals surface area contributed by atoms with Crippen LogP contribution in [0.25, 0.3) is 17.2 Å². The van der Waals surface area contributed by atoms with Crippen molar-refractivity contribution < 1.29 is 20.1 Å². The van der Waals surface area contributed by atoms with Crippen molar-refractivity contribution in [1.29, 1.82) is 0 Å². The Morgan fingerprint density at radius 3 is 2.58 bits per heavy atom. The van der Waals surface area contributed by atoms with E-state index in [2.05, 4.69) is 37.8 Å². The zero-order valence-corrected chi connectivity index (χ0v) is 21.2. The van der Waals surface area contributed by atoms with Crippen LogP contribution in [0.1, 0.15) is 44.7 Å². The minimum absolute atomic E-state index is 0.338. The number of amides is 1. The highest BCUT2D eigenvalue weighted by Crippen LogP contribution is 2.33. The van der Waals surface area contributed by atoms with Gasteiger partial charge in [0.2, 0.25) is 0 Å². The van der Waals surface area contributed by atoms with Crippen LogP contribution in [0.15, 0.2) is 41.6 Å². The van der Waals surface area contributed by atoms with Gasteiger partial charge < -0.3 is 26.0 Å². The molecule has 0 aliphatic heterocycles. The average molecular weight is 516 g/mol. The van der Waals surface area contributed by atoms with E-state index in [9.17, 15) is 15.0 Å². The Bertz CT molecular complexity index is 1140. The Kier molecular flexibility index (Phi) is 10.5. The van der Waals surface area contributed by atoms with E-state index in [-0.39, 0.29) is 6.04 Å². The topological polar surface area (TPSA) is 158 Å². The Hall–Kier alpha value is -3.22. The molecule has 2 heterocycles. The van der Waals surface area contributed by atoms with Gasteiger partial charge in [0.1, 0.15) is 6.10 Å². The molecule has 0 bridgehead atoms. The molecule has 36 heavy (non-hydrogen) atoms. The Morgan fingerprint density at radius 1 is 1.19 bits per heavy atom. The zero-order valence-electron chi connectivity index (χ0n) is 20.4. The molecular weight excluding hydrogens is 482 g/mol. The number of aliphatic hydroxyl groups is 2. The van der Waals surface area contributed by atoms with E-state index in [0.717, 1.165) is 17.7 Å². The lowest BCUT2D eigenvalue weighted by atomic mass is 10.2. The SMILES string of the molecule is CCCSc1nc(NCC=Cc2ccccc2)c2nnn([C@@H]3CC[C@@H](O)[C@H]3O)c2n1.CCNC(=O)O. The van der Waals surface area contributed by atoms with Gasteiger partial charge in [-0.3, -0.25) is 0 Å². The summed E-state index contributed by atoms with van der Waals surface area (Å²) < 4.78 is 1.64. The minimum Gasteiger partial charge on any atom is -0.465 e. The molecule has 0 saturated heterocycles. The number of aliphatic hydroxyl groups excluding tert-OH is 2. The molecule has 0 radical (unpaired) electrons. The highest BCUT2D eigenvalue weighted by atomic mass is 32.2. The molecule has 3 atom stereocenters. The first-order valence-electron chi connectivity index (χ1n) is 12.0. The van der Waals surface area contributed by atoms with E-state index in [1.807, 2.05) is 42.5 Å². The van der Waals surface area contributed by atoms with Gasteiger partial charge in [0.25, 0.3) is 0 Å². The number of aromatic nitrogens is 5. The van der Waals surface area contributed by atoms with Crippen LogP contribution in [0.5, 0.6) is 0 Å². The Balaban J connectivity index is 0.000000538. The van der Waals surface area contributed by atoms with Crippen LogP contribution < -0.4 is 10.6 Å². The van der Waals surface area contributed by atoms with E-state index in [1.54, 1.807) is 23.4 Å². The average Bonchev–Trinajstić information content (AvgIpc) is 3.44. The molecular formula is C24H33N7O4S. The summed E-state index contributed by atoms with van der Waals surface area (Å²) in [6, 6.07) is 9.76. The fourth-order valence-corrected chi connectivity index (χ4v) is 4.38. The quantitative estimate of drug-likeness (QED) is 0.212. The van der Waals surface area contributed by atoms with Crippen molar-refractivity contribution in [3.8, 4) is 0 Å². The number of hydrogen-bond donors (Lipinski definition) is 5. The smallest absolute Gasteiger partial charge is 0.404 e. The highest BCUT2D eigenvalue weighted by molar-refractivity contribution is 7.99. The summed E-state index contributed by atoms with van der Waals surface area (Å²) in [5.74, 6) is 1.53. The molecule has 2 aromatic heterocycles. The molecule has 3 aromatic rings. The lowest BCUT2D eigenvalue weighted by Gasteiger charge is -2.16. The van der Waals surface area contributed by atoms with Crippen LogP contribution in [0.3, 0.4) is 0 Å². The van der Waals surface area contributed by atoms with Crippen LogP contribution in [-0.4, -0.2) is 77.4 Å². The summed E-state index contributed by atoms with van der Waals surface area (Å²) in [5.41, 5.74) is 2.28. The van der Waals surface area contributed by atoms with E-state index in [1.165, 1.54) is 0 Å². The van der Waals surface area contributed by atoms with Crippen LogP contribution in [-0.2, 0) is 0 Å². The van der Waals surface area contributed by atoms with Crippen LogP contribution in [0.4, 0.5) is 10.6 Å². The summed E-state index contributed by atoms with van der Waals surface area (Å²) in [5, 5.41) is 42.7. The Morgan fingerprint density at radius 2 is 1.97 bits per heavy atom. The normalized spacial score (nSPS) is 19.3. The van der Waals surface area contributed by atoms with Crippen LogP contribution in [0, 0.1) is 0 Å². The second-order valence-corrected chi connectivity index (χ2v) is 9.20. The number of carboxylic acid groups (broad SMARTS) is 1. The molecule has 0 spiro atoms. The molecule has 1 aromatic carbocycles. The summed E-state index contributed by atoms with van der Waals surface area (Å²) in [4.78, 5) is 18.8. The molecule has 0 unspecified atom stereocenters. The summed E-state index contributed by atoms with van der Waals surface area (Å²) in [6.45, 7) is 4.90. The van der Waals surface area contributed by atoms with Gasteiger partial charge in [0.15, 0.2) is 22.1 Å². The molecule has 4 rings (SSSR count). The third-order valence-electron chi connectivity index (χ3n) is 5.42. The molecule has 5 N–H and O–H groups in total. The monoisotopic (exact) mass is 515 g/mol. The van der Waals surface area contributed by atoms with Gasteiger partial charge in [-0.15, -0.1) is 5.10 Å². The first kappa shape index (κ1) is 27.4. The summed E-state index contributed by atoms with van der Waals surface area (Å²) >= 11 is 1.58. The molecule has 1 aliphatic rings. The third-order valence-corrected chi connectivity index (χ3v) is 6.48. The van der Waals surface area contributed by atoms with Gasteiger partial charge in [-0.05, 0) is 31.7 Å². The van der Waals surface area contributed by atoms with Crippen molar-refractivity contribution in [1.82, 2.24) is 30.3 Å². The van der Waals surface area contributed by atoms with E-state index in [0.29, 0.717) is 48.1 Å². The maximum Gasteiger partial charge on any atom is 0.404 e. The predicted octanol–water partition coefficient (Wildman–Crippen LogP) is 3.18. The number of hydrogen-bond acceptors (Lipinski definition) is 9. The predicted molar refractivity (Wildman–Crippen MR) is 140 cm³/mol. The molecule has 1 aliphatic carbocycles. The van der Waals surface area contributed by atoms with Gasteiger partial charge in [-0.1, -0.05) is 66.4 Å². The third kappa shape index (κ3) is 7.39. The molecule has 1 fully saturated rings. The van der Waals surface area contributed by atoms with Crippen molar-refractivity contribution in [2.45, 2.75) is 56.5 Å². The fourth-order valence-electron chi connectivity index (χ4n) is 3.69. The van der Waals surface area contributed by atoms with Gasteiger partial charge in [-0.25, -0.2) is 19.4 Å². The Labute approximate surface area is 214 Å². The number of carbonyl (C=O) groups is 1. The lowest BCUT2D eigenvalue weighted by Crippen LogP contribution is -2.28. The van der Waals surface area contributed by atoms with E-state index in [4.69, 9.17) is 5.11 Å². The number of thioether (sulfide) groups is 1. The second-order valence-electron chi connectivity index (χ2n) is 8.14. The second kappa shape index (κ2) is 13.8. The molecule has 1 saturated carbocycles. The fraction of sp³-hybridized carbons (Fsp3) is 0.458. The van der Waals surface area contributed by atoms with Gasteiger partial charge in [0, 0.05) is 18.8 Å². The van der Waals surface area contributed by atoms with Crippen molar-refractivity contribution in [2.75, 3.05) is 24.2 Å². The van der Waals surface area contributed by atoms with Crippen molar-refractivity contribution in [3.63, 3.8) is 0 Å². The van der Waals surface area contributed by atoms with Crippen LogP contribution >= 0.6 is 11.8 Å². The molecule has 194 valence electrons. The van der Waals surface area contributed by atoms with E-state index >= 15 is 0 Å². The zero-order chi connectivity index (χ0) is 25.9. The number of nitrogens with one attached hydrogen (secondary N) is 2. The van der Waals surface area contributed by atoms with Crippen molar-refractivity contribution in [2.24, 2.45) is 0 Å². The number of benzene rings is 1. The maximum atomic E-state index is 10.3. The molecule has 1 amide bonds. The van der Waals surface area contributed by atoms with Crippen LogP contribution in [0.2, 0.25) is 0 Å². The highest BCUT2D eigenvalue weighted by Gasteiger charge is 2.36. The first-order valence-corrected chi connectivity index (χ1v) is 13.0. The molecule has 11 nitrogen and oxygen atoms in total. The van der Waals surface area contributed by atoms with Gasteiger partial charge in [-0.2, -0.15) is 0 Å². The number of rotatable bonds is 9. The van der Waals surface area contributed by atoms with Crippen molar-refractivity contribution in [3.05, 3.63) is 42.0 Å². The first-order chi connectivity index (χ1) is 17.4. The van der Waals surface area contributed by atoms with Crippen molar-refractivity contribution >= 4 is 40.9 Å². The van der Waals surface area contributed by atoms with Gasteiger partial charge >= 0.3 is 6.09 Å². The largest absolute Gasteiger partial charge is 0.465 e. The van der Waals surface area contributed by atoms with Gasteiger partial charge in [0.05, 0.1) is 12.1 Å². The number of anilines is 1. The standard InChI is InChI=1S/C21H26N6O2S.C3H7NO2/c1-2-13-30-21-23-19(22-12-6-9-14-7-4-3-5-8-14)17-20(24-21)27(26-25-17)15-10-11-16(28)18(15)29;1-2-4-3(5)6/h3-9,15-16,18,28-29H,2,10-13H2,1H3,(H,22,23,24);4H,2H2,1H3,(H,5,6)/t15-,16-,18+;/m1./s1. The lowest BCUT2D eigenvalue weighted by molar-refractivity contribution is 0.0215. The minimum atomic E-state index is -0.961. The number of nitrogens with zero attached hydrogens (tertiary/aromatic N) is 5. The molecule has 12 heteroatoms. The summed E-state index contributed by atoms with van der Waals surface area (Å²) in [6.07, 6.45) is 3.68.